The summed E-state index contributed by atoms with van der Waals surface area (Å²) in [5, 5.41) is 11.9. The van der Waals surface area contributed by atoms with Crippen molar-refractivity contribution >= 4 is 17.4 Å². The molecule has 3 aromatic rings. The van der Waals surface area contributed by atoms with Gasteiger partial charge < -0.3 is 15.1 Å². The minimum atomic E-state index is -0.177. The lowest BCUT2D eigenvalue weighted by molar-refractivity contribution is 0.102. The third kappa shape index (κ3) is 4.73. The average molecular weight is 412 g/mol. The van der Waals surface area contributed by atoms with Crippen molar-refractivity contribution in [2.24, 2.45) is 0 Å². The first-order chi connectivity index (χ1) is 15.0. The second-order valence-corrected chi connectivity index (χ2v) is 7.87. The predicted octanol–water partition coefficient (Wildman–Crippen LogP) is 3.93. The maximum atomic E-state index is 12.8. The zero-order chi connectivity index (χ0) is 21.8. The smallest absolute Gasteiger partial charge is 0.255 e. The molecule has 1 amide bonds. The van der Waals surface area contributed by atoms with Crippen LogP contribution in [0, 0.1) is 18.3 Å². The van der Waals surface area contributed by atoms with Gasteiger partial charge in [0, 0.05) is 31.7 Å². The zero-order valence-electron chi connectivity index (χ0n) is 17.8. The summed E-state index contributed by atoms with van der Waals surface area (Å²) in [6.07, 6.45) is 1.71. The monoisotopic (exact) mass is 411 g/mol. The number of piperazine rings is 1. The molecule has 6 heteroatoms. The molecule has 1 saturated heterocycles. The molecule has 1 aliphatic heterocycles. The molecule has 0 radical (unpaired) electrons. The largest absolute Gasteiger partial charge is 0.354 e. The van der Waals surface area contributed by atoms with Crippen molar-refractivity contribution < 1.29 is 4.79 Å². The van der Waals surface area contributed by atoms with E-state index in [9.17, 15) is 4.79 Å². The number of pyridine rings is 1. The molecular weight excluding hydrogens is 386 g/mol. The first-order valence-corrected chi connectivity index (χ1v) is 10.4. The molecule has 2 aromatic carbocycles. The van der Waals surface area contributed by atoms with Crippen LogP contribution >= 0.6 is 0 Å². The molecule has 31 heavy (non-hydrogen) atoms. The number of nitrogens with one attached hydrogen (secondary N) is 1. The third-order valence-corrected chi connectivity index (χ3v) is 5.66. The molecule has 0 aliphatic carbocycles. The van der Waals surface area contributed by atoms with E-state index in [2.05, 4.69) is 33.2 Å². The highest BCUT2D eigenvalue weighted by atomic mass is 16.1. The molecule has 156 valence electrons. The fourth-order valence-electron chi connectivity index (χ4n) is 3.68. The van der Waals surface area contributed by atoms with Gasteiger partial charge in [-0.05, 0) is 67.1 Å². The van der Waals surface area contributed by atoms with E-state index in [-0.39, 0.29) is 5.91 Å². The Labute approximate surface area is 182 Å². The summed E-state index contributed by atoms with van der Waals surface area (Å²) in [6.45, 7) is 5.97. The molecule has 1 N–H and O–H groups in total. The van der Waals surface area contributed by atoms with Crippen LogP contribution < -0.4 is 10.2 Å². The molecule has 0 atom stereocenters. The highest BCUT2D eigenvalue weighted by Crippen LogP contribution is 2.25. The number of hydrogen-bond acceptors (Lipinski definition) is 5. The average Bonchev–Trinajstić information content (AvgIpc) is 2.80. The quantitative estimate of drug-likeness (QED) is 0.704. The first-order valence-electron chi connectivity index (χ1n) is 10.4. The summed E-state index contributed by atoms with van der Waals surface area (Å²) in [7, 11) is 2.13. The Morgan fingerprint density at radius 1 is 1.03 bits per heavy atom. The van der Waals surface area contributed by atoms with E-state index < -0.39 is 0 Å². The molecular formula is C25H25N5O. The number of carbonyl (C=O) groups excluding carboxylic acids is 1. The van der Waals surface area contributed by atoms with E-state index in [0.717, 1.165) is 48.7 Å². The van der Waals surface area contributed by atoms with Crippen molar-refractivity contribution in [3.8, 4) is 17.2 Å². The Bertz CT molecular complexity index is 1110. The van der Waals surface area contributed by atoms with Gasteiger partial charge in [0.25, 0.3) is 5.91 Å². The summed E-state index contributed by atoms with van der Waals surface area (Å²) in [4.78, 5) is 21.9. The van der Waals surface area contributed by atoms with Gasteiger partial charge in [0.1, 0.15) is 5.82 Å². The Hall–Kier alpha value is -3.69. The standard InChI is InChI=1S/C25H25N5O/c1-18-3-6-21(15-23(18)20-7-4-19(16-26)5-8-20)25(31)28-22-9-10-24(27-17-22)30-13-11-29(2)12-14-30/h3-10,15,17H,11-14H2,1-2H3,(H,28,31). The van der Waals surface area contributed by atoms with Crippen molar-refractivity contribution in [3.05, 3.63) is 77.5 Å². The van der Waals surface area contributed by atoms with Crippen molar-refractivity contribution in [3.63, 3.8) is 0 Å². The lowest BCUT2D eigenvalue weighted by Gasteiger charge is -2.33. The van der Waals surface area contributed by atoms with Gasteiger partial charge in [-0.15, -0.1) is 0 Å². The molecule has 1 aromatic heterocycles. The van der Waals surface area contributed by atoms with Crippen molar-refractivity contribution in [1.29, 1.82) is 5.26 Å². The lowest BCUT2D eigenvalue weighted by Crippen LogP contribution is -2.44. The number of aromatic nitrogens is 1. The zero-order valence-corrected chi connectivity index (χ0v) is 17.8. The van der Waals surface area contributed by atoms with Crippen molar-refractivity contribution in [2.45, 2.75) is 6.92 Å². The number of nitriles is 1. The van der Waals surface area contributed by atoms with Gasteiger partial charge in [0.05, 0.1) is 23.5 Å². The van der Waals surface area contributed by atoms with Gasteiger partial charge in [-0.2, -0.15) is 5.26 Å². The number of nitrogens with zero attached hydrogens (tertiary/aromatic N) is 4. The number of benzene rings is 2. The molecule has 1 fully saturated rings. The van der Waals surface area contributed by atoms with E-state index in [4.69, 9.17) is 5.26 Å². The van der Waals surface area contributed by atoms with E-state index in [1.807, 2.05) is 49.4 Å². The maximum absolute atomic E-state index is 12.8. The van der Waals surface area contributed by atoms with Gasteiger partial charge in [-0.3, -0.25) is 4.79 Å². The Morgan fingerprint density at radius 2 is 1.77 bits per heavy atom. The Morgan fingerprint density at radius 3 is 2.42 bits per heavy atom. The van der Waals surface area contributed by atoms with Crippen LogP contribution in [0.2, 0.25) is 0 Å². The number of hydrogen-bond donors (Lipinski definition) is 1. The van der Waals surface area contributed by atoms with Gasteiger partial charge in [0.2, 0.25) is 0 Å². The summed E-state index contributed by atoms with van der Waals surface area (Å²) in [5.74, 6) is 0.758. The molecule has 0 unspecified atom stereocenters. The molecule has 0 spiro atoms. The van der Waals surface area contributed by atoms with Crippen LogP contribution in [0.4, 0.5) is 11.5 Å². The summed E-state index contributed by atoms with van der Waals surface area (Å²) >= 11 is 0. The fraction of sp³-hybridized carbons (Fsp3) is 0.240. The van der Waals surface area contributed by atoms with E-state index >= 15 is 0 Å². The Kier molecular flexibility index (Phi) is 5.96. The fourth-order valence-corrected chi connectivity index (χ4v) is 3.68. The minimum absolute atomic E-state index is 0.177. The number of carbonyl (C=O) groups is 1. The number of rotatable bonds is 4. The van der Waals surface area contributed by atoms with E-state index in [0.29, 0.717) is 16.8 Å². The second-order valence-electron chi connectivity index (χ2n) is 7.87. The molecule has 4 rings (SSSR count). The third-order valence-electron chi connectivity index (χ3n) is 5.66. The van der Waals surface area contributed by atoms with Gasteiger partial charge >= 0.3 is 0 Å². The Balaban J connectivity index is 1.48. The summed E-state index contributed by atoms with van der Waals surface area (Å²) in [5.41, 5.74) is 4.88. The molecule has 0 bridgehead atoms. The van der Waals surface area contributed by atoms with Crippen LogP contribution in [0.3, 0.4) is 0 Å². The van der Waals surface area contributed by atoms with E-state index in [1.54, 1.807) is 18.3 Å². The van der Waals surface area contributed by atoms with Gasteiger partial charge in [-0.25, -0.2) is 4.98 Å². The molecule has 6 nitrogen and oxygen atoms in total. The van der Waals surface area contributed by atoms with Gasteiger partial charge in [-0.1, -0.05) is 18.2 Å². The molecule has 1 aliphatic rings. The number of likely N-dealkylation sites (N-methyl/N-ethyl adjacent to an activating group) is 1. The van der Waals surface area contributed by atoms with Crippen LogP contribution in [-0.2, 0) is 0 Å². The van der Waals surface area contributed by atoms with Crippen molar-refractivity contribution in [2.75, 3.05) is 43.4 Å². The van der Waals surface area contributed by atoms with Crippen molar-refractivity contribution in [1.82, 2.24) is 9.88 Å². The lowest BCUT2D eigenvalue weighted by atomic mass is 9.97. The number of anilines is 2. The number of amides is 1. The minimum Gasteiger partial charge on any atom is -0.354 e. The maximum Gasteiger partial charge on any atom is 0.255 e. The van der Waals surface area contributed by atoms with Gasteiger partial charge in [0.15, 0.2) is 0 Å². The number of aryl methyl sites for hydroxylation is 1. The van der Waals surface area contributed by atoms with Crippen LogP contribution in [-0.4, -0.2) is 49.0 Å². The SMILES string of the molecule is Cc1ccc(C(=O)Nc2ccc(N3CCN(C)CC3)nc2)cc1-c1ccc(C#N)cc1. The summed E-state index contributed by atoms with van der Waals surface area (Å²) in [6, 6.07) is 19.0. The summed E-state index contributed by atoms with van der Waals surface area (Å²) < 4.78 is 0. The predicted molar refractivity (Wildman–Crippen MR) is 123 cm³/mol. The van der Waals surface area contributed by atoms with E-state index in [1.165, 1.54) is 0 Å². The van der Waals surface area contributed by atoms with Crippen LogP contribution in [0.1, 0.15) is 21.5 Å². The van der Waals surface area contributed by atoms with Crippen LogP contribution in [0.25, 0.3) is 11.1 Å². The molecule has 0 saturated carbocycles. The van der Waals surface area contributed by atoms with Crippen LogP contribution in [0.15, 0.2) is 60.8 Å². The topological polar surface area (TPSA) is 72.3 Å². The highest BCUT2D eigenvalue weighted by molar-refractivity contribution is 6.05. The molecule has 2 heterocycles. The highest BCUT2D eigenvalue weighted by Gasteiger charge is 2.15. The van der Waals surface area contributed by atoms with Crippen LogP contribution in [0.5, 0.6) is 0 Å². The first kappa shape index (κ1) is 20.6. The second kappa shape index (κ2) is 8.99. The normalized spacial score (nSPS) is 14.2.